The molecule has 7 nitrogen and oxygen atoms in total. The van der Waals surface area contributed by atoms with E-state index in [0.29, 0.717) is 24.8 Å². The maximum Gasteiger partial charge on any atom is 0.250 e. The zero-order chi connectivity index (χ0) is 17.4. The quantitative estimate of drug-likeness (QED) is 0.723. The molecule has 2 rings (SSSR count). The van der Waals surface area contributed by atoms with Crippen LogP contribution in [0.1, 0.15) is 11.4 Å². The zero-order valence-corrected chi connectivity index (χ0v) is 14.1. The highest BCUT2D eigenvalue weighted by atomic mass is 16.5. The van der Waals surface area contributed by atoms with E-state index in [1.54, 1.807) is 13.2 Å². The summed E-state index contributed by atoms with van der Waals surface area (Å²) in [6.45, 7) is 4.67. The first-order valence-corrected chi connectivity index (χ1v) is 7.63. The maximum atomic E-state index is 11.8. The minimum atomic E-state index is -0.217. The van der Waals surface area contributed by atoms with E-state index in [9.17, 15) is 4.79 Å². The molecule has 0 atom stereocenters. The molecule has 0 saturated heterocycles. The van der Waals surface area contributed by atoms with E-state index in [0.717, 1.165) is 17.1 Å². The Labute approximate surface area is 141 Å². The number of aryl methyl sites for hydroxylation is 2. The summed E-state index contributed by atoms with van der Waals surface area (Å²) >= 11 is 0. The fourth-order valence-electron chi connectivity index (χ4n) is 2.09. The number of benzene rings is 1. The summed E-state index contributed by atoms with van der Waals surface area (Å²) in [6, 6.07) is 9.25. The number of nitrogens with zero attached hydrogens (tertiary/aromatic N) is 2. The molecule has 0 aliphatic heterocycles. The van der Waals surface area contributed by atoms with Crippen molar-refractivity contribution < 1.29 is 14.3 Å². The molecule has 0 aliphatic rings. The van der Waals surface area contributed by atoms with Crippen molar-refractivity contribution in [3.05, 3.63) is 41.7 Å². The number of carbonyl (C=O) groups is 1. The number of hydrogen-bond acceptors (Lipinski definition) is 6. The van der Waals surface area contributed by atoms with Gasteiger partial charge in [0.05, 0.1) is 13.2 Å². The van der Waals surface area contributed by atoms with Gasteiger partial charge in [0, 0.05) is 29.9 Å². The van der Waals surface area contributed by atoms with Gasteiger partial charge in [0.2, 0.25) is 11.9 Å². The van der Waals surface area contributed by atoms with Gasteiger partial charge in [0.25, 0.3) is 0 Å². The topological polar surface area (TPSA) is 85.4 Å². The average molecular weight is 330 g/mol. The monoisotopic (exact) mass is 330 g/mol. The molecule has 1 aromatic heterocycles. The van der Waals surface area contributed by atoms with Gasteiger partial charge in [0.1, 0.15) is 6.61 Å². The Balaban J connectivity index is 1.94. The highest BCUT2D eigenvalue weighted by Gasteiger charge is 2.05. The van der Waals surface area contributed by atoms with E-state index in [-0.39, 0.29) is 12.5 Å². The molecule has 0 aliphatic carbocycles. The van der Waals surface area contributed by atoms with Crippen molar-refractivity contribution in [2.24, 2.45) is 0 Å². The molecule has 2 aromatic rings. The fourth-order valence-corrected chi connectivity index (χ4v) is 2.09. The zero-order valence-electron chi connectivity index (χ0n) is 14.1. The van der Waals surface area contributed by atoms with Crippen molar-refractivity contribution in [2.45, 2.75) is 13.8 Å². The average Bonchev–Trinajstić information content (AvgIpc) is 2.51. The molecule has 0 fully saturated rings. The van der Waals surface area contributed by atoms with Crippen LogP contribution in [0.3, 0.4) is 0 Å². The van der Waals surface area contributed by atoms with Crippen LogP contribution in [0.25, 0.3) is 0 Å². The molecule has 0 spiro atoms. The molecule has 1 aromatic carbocycles. The van der Waals surface area contributed by atoms with Crippen LogP contribution in [0.4, 0.5) is 17.3 Å². The number of carbonyl (C=O) groups excluding carboxylic acids is 1. The molecule has 1 amide bonds. The second-order valence-corrected chi connectivity index (χ2v) is 5.27. The van der Waals surface area contributed by atoms with Gasteiger partial charge in [-0.3, -0.25) is 4.79 Å². The van der Waals surface area contributed by atoms with Crippen LogP contribution in [0.2, 0.25) is 0 Å². The van der Waals surface area contributed by atoms with Crippen molar-refractivity contribution in [1.29, 1.82) is 0 Å². The van der Waals surface area contributed by atoms with E-state index in [2.05, 4.69) is 20.6 Å². The molecule has 128 valence electrons. The maximum absolute atomic E-state index is 11.8. The number of amides is 1. The standard InChI is InChI=1S/C17H22N4O3/c1-12-9-13(2)19-17(18-12)21-15-6-4-5-14(10-15)20-16(22)11-24-8-7-23-3/h4-6,9-10H,7-8,11H2,1-3H3,(H,20,22)(H,18,19,21). The smallest absolute Gasteiger partial charge is 0.250 e. The lowest BCUT2D eigenvalue weighted by atomic mass is 10.2. The molecule has 24 heavy (non-hydrogen) atoms. The Bertz CT molecular complexity index is 671. The van der Waals surface area contributed by atoms with E-state index in [1.807, 2.05) is 38.1 Å². The first kappa shape index (κ1) is 17.8. The van der Waals surface area contributed by atoms with Gasteiger partial charge >= 0.3 is 0 Å². The molecule has 2 N–H and O–H groups in total. The van der Waals surface area contributed by atoms with Crippen LogP contribution in [0.5, 0.6) is 0 Å². The Hall–Kier alpha value is -2.51. The third-order valence-electron chi connectivity index (χ3n) is 3.05. The van der Waals surface area contributed by atoms with Crippen LogP contribution in [0, 0.1) is 13.8 Å². The summed E-state index contributed by atoms with van der Waals surface area (Å²) in [5.41, 5.74) is 3.24. The van der Waals surface area contributed by atoms with E-state index < -0.39 is 0 Å². The van der Waals surface area contributed by atoms with E-state index in [4.69, 9.17) is 9.47 Å². The van der Waals surface area contributed by atoms with Gasteiger partial charge in [-0.05, 0) is 38.1 Å². The Morgan fingerprint density at radius 2 is 1.79 bits per heavy atom. The van der Waals surface area contributed by atoms with Crippen LogP contribution in [0.15, 0.2) is 30.3 Å². The lowest BCUT2D eigenvalue weighted by Gasteiger charge is -2.10. The van der Waals surface area contributed by atoms with Crippen molar-refractivity contribution in [1.82, 2.24) is 9.97 Å². The summed E-state index contributed by atoms with van der Waals surface area (Å²) in [7, 11) is 1.58. The number of aromatic nitrogens is 2. The predicted octanol–water partition coefficient (Wildman–Crippen LogP) is 2.44. The molecule has 0 radical (unpaired) electrons. The summed E-state index contributed by atoms with van der Waals surface area (Å²) in [5.74, 6) is 0.310. The highest BCUT2D eigenvalue weighted by Crippen LogP contribution is 2.18. The Morgan fingerprint density at radius 1 is 1.08 bits per heavy atom. The Morgan fingerprint density at radius 3 is 2.50 bits per heavy atom. The van der Waals surface area contributed by atoms with Gasteiger partial charge in [-0.1, -0.05) is 6.07 Å². The van der Waals surface area contributed by atoms with Crippen LogP contribution in [-0.2, 0) is 14.3 Å². The van der Waals surface area contributed by atoms with Crippen molar-refractivity contribution in [3.8, 4) is 0 Å². The van der Waals surface area contributed by atoms with Crippen LogP contribution in [-0.4, -0.2) is 42.8 Å². The summed E-state index contributed by atoms with van der Waals surface area (Å²) < 4.78 is 10.0. The molecule has 7 heteroatoms. The number of methoxy groups -OCH3 is 1. The SMILES string of the molecule is COCCOCC(=O)Nc1cccc(Nc2nc(C)cc(C)n2)c1. The molecule has 1 heterocycles. The normalized spacial score (nSPS) is 10.5. The minimum absolute atomic E-state index is 0.0127. The lowest BCUT2D eigenvalue weighted by molar-refractivity contribution is -0.121. The fraction of sp³-hybridized carbons (Fsp3) is 0.353. The second kappa shape index (κ2) is 8.95. The van der Waals surface area contributed by atoms with Crippen LogP contribution < -0.4 is 10.6 Å². The molecular formula is C17H22N4O3. The first-order chi connectivity index (χ1) is 11.6. The van der Waals surface area contributed by atoms with Gasteiger partial charge in [0.15, 0.2) is 0 Å². The van der Waals surface area contributed by atoms with Crippen molar-refractivity contribution in [2.75, 3.05) is 37.6 Å². The molecular weight excluding hydrogens is 308 g/mol. The second-order valence-electron chi connectivity index (χ2n) is 5.27. The van der Waals surface area contributed by atoms with Gasteiger partial charge in [-0.15, -0.1) is 0 Å². The molecule has 0 bridgehead atoms. The number of hydrogen-bond donors (Lipinski definition) is 2. The summed E-state index contributed by atoms with van der Waals surface area (Å²) in [6.07, 6.45) is 0. The third kappa shape index (κ3) is 5.94. The number of nitrogens with one attached hydrogen (secondary N) is 2. The third-order valence-corrected chi connectivity index (χ3v) is 3.05. The number of rotatable bonds is 8. The van der Waals surface area contributed by atoms with E-state index >= 15 is 0 Å². The van der Waals surface area contributed by atoms with E-state index in [1.165, 1.54) is 0 Å². The first-order valence-electron chi connectivity index (χ1n) is 7.63. The van der Waals surface area contributed by atoms with Gasteiger partial charge in [-0.2, -0.15) is 0 Å². The van der Waals surface area contributed by atoms with Crippen molar-refractivity contribution >= 4 is 23.2 Å². The Kier molecular flexibility index (Phi) is 6.65. The predicted molar refractivity (Wildman–Crippen MR) is 92.6 cm³/mol. The summed E-state index contributed by atoms with van der Waals surface area (Å²) in [5, 5.41) is 5.92. The number of ether oxygens (including phenoxy) is 2. The minimum Gasteiger partial charge on any atom is -0.382 e. The number of anilines is 3. The van der Waals surface area contributed by atoms with Crippen LogP contribution >= 0.6 is 0 Å². The highest BCUT2D eigenvalue weighted by molar-refractivity contribution is 5.92. The lowest BCUT2D eigenvalue weighted by Crippen LogP contribution is -2.19. The van der Waals surface area contributed by atoms with Gasteiger partial charge in [-0.25, -0.2) is 9.97 Å². The van der Waals surface area contributed by atoms with Crippen molar-refractivity contribution in [3.63, 3.8) is 0 Å². The largest absolute Gasteiger partial charge is 0.382 e. The molecule has 0 saturated carbocycles. The summed E-state index contributed by atoms with van der Waals surface area (Å²) in [4.78, 5) is 20.5. The molecule has 0 unspecified atom stereocenters. The van der Waals surface area contributed by atoms with Gasteiger partial charge < -0.3 is 20.1 Å².